The van der Waals surface area contributed by atoms with Crippen molar-refractivity contribution in [3.8, 4) is 6.07 Å². The lowest BCUT2D eigenvalue weighted by molar-refractivity contribution is -0.118. The van der Waals surface area contributed by atoms with Crippen LogP contribution in [0.4, 0.5) is 5.69 Å². The summed E-state index contributed by atoms with van der Waals surface area (Å²) in [6.45, 7) is 2.22. The van der Waals surface area contributed by atoms with Crippen LogP contribution in [0.15, 0.2) is 94.4 Å². The third-order valence-electron chi connectivity index (χ3n) is 5.53. The number of allylic oxidation sites excluding steroid dienone is 1. The Bertz CT molecular complexity index is 1280. The molecule has 8 heteroatoms. The second kappa shape index (κ2) is 11.6. The monoisotopic (exact) mass is 500 g/mol. The summed E-state index contributed by atoms with van der Waals surface area (Å²) < 4.78 is 0. The average Bonchev–Trinajstić information content (AvgIpc) is 3.41. The van der Waals surface area contributed by atoms with E-state index in [1.165, 1.54) is 23.1 Å². The number of amides is 2. The van der Waals surface area contributed by atoms with Gasteiger partial charge in [0.1, 0.15) is 5.92 Å². The summed E-state index contributed by atoms with van der Waals surface area (Å²) in [6, 6.07) is 25.1. The lowest BCUT2D eigenvalue weighted by atomic mass is 9.82. The number of thiophene rings is 1. The van der Waals surface area contributed by atoms with Crippen molar-refractivity contribution in [3.63, 3.8) is 0 Å². The fourth-order valence-corrected chi connectivity index (χ4v) is 5.69. The molecule has 2 heterocycles. The van der Waals surface area contributed by atoms with Crippen LogP contribution in [-0.2, 0) is 16.1 Å². The highest BCUT2D eigenvalue weighted by molar-refractivity contribution is 8.14. The minimum atomic E-state index is -0.666. The van der Waals surface area contributed by atoms with E-state index < -0.39 is 11.8 Å². The molecule has 0 bridgehead atoms. The van der Waals surface area contributed by atoms with Gasteiger partial charge in [-0.1, -0.05) is 66.4 Å². The number of rotatable bonds is 7. The van der Waals surface area contributed by atoms with Crippen molar-refractivity contribution in [2.75, 3.05) is 11.1 Å². The quantitative estimate of drug-likeness (QED) is 0.457. The second-order valence-corrected chi connectivity index (χ2v) is 9.90. The number of anilines is 1. The van der Waals surface area contributed by atoms with Gasteiger partial charge < -0.3 is 10.6 Å². The third-order valence-corrected chi connectivity index (χ3v) is 7.53. The van der Waals surface area contributed by atoms with E-state index in [0.717, 1.165) is 10.4 Å². The average molecular weight is 501 g/mol. The van der Waals surface area contributed by atoms with Gasteiger partial charge in [-0.2, -0.15) is 5.26 Å². The zero-order valence-electron chi connectivity index (χ0n) is 19.1. The summed E-state index contributed by atoms with van der Waals surface area (Å²) >= 11 is 2.75. The molecule has 0 fully saturated rings. The van der Waals surface area contributed by atoms with Gasteiger partial charge in [-0.05, 0) is 36.1 Å². The van der Waals surface area contributed by atoms with Gasteiger partial charge in [-0.15, -0.1) is 11.3 Å². The molecule has 1 aliphatic heterocycles. The van der Waals surface area contributed by atoms with E-state index in [2.05, 4.69) is 21.7 Å². The van der Waals surface area contributed by atoms with Gasteiger partial charge in [0.15, 0.2) is 0 Å². The SMILES string of the molecule is CC1=C(C(=O)Nc2ccccc2)C(c2cccs2)C(C#N)C(SCC(=O)NCc2ccccc2)=N1. The fourth-order valence-electron chi connectivity index (χ4n) is 3.87. The van der Waals surface area contributed by atoms with E-state index in [9.17, 15) is 14.9 Å². The number of aliphatic imine (C=N–C) groups is 1. The number of hydrogen-bond acceptors (Lipinski definition) is 6. The summed E-state index contributed by atoms with van der Waals surface area (Å²) in [5, 5.41) is 18.4. The van der Waals surface area contributed by atoms with E-state index in [0.29, 0.717) is 28.5 Å². The second-order valence-electron chi connectivity index (χ2n) is 7.92. The molecule has 1 aromatic heterocycles. The fraction of sp³-hybridized carbons (Fsp3) is 0.185. The minimum absolute atomic E-state index is 0.139. The molecule has 2 aromatic carbocycles. The summed E-state index contributed by atoms with van der Waals surface area (Å²) in [7, 11) is 0. The lowest BCUT2D eigenvalue weighted by Crippen LogP contribution is -2.32. The molecule has 0 aliphatic carbocycles. The molecule has 4 rings (SSSR count). The van der Waals surface area contributed by atoms with Crippen LogP contribution < -0.4 is 10.6 Å². The zero-order valence-corrected chi connectivity index (χ0v) is 20.7. The van der Waals surface area contributed by atoms with Gasteiger partial charge in [0.25, 0.3) is 5.91 Å². The molecule has 3 aromatic rings. The highest BCUT2D eigenvalue weighted by Gasteiger charge is 2.39. The Hall–Kier alpha value is -3.67. The van der Waals surface area contributed by atoms with Crippen molar-refractivity contribution < 1.29 is 9.59 Å². The van der Waals surface area contributed by atoms with E-state index in [1.54, 1.807) is 6.92 Å². The van der Waals surface area contributed by atoms with Gasteiger partial charge in [0.2, 0.25) is 5.91 Å². The molecule has 0 saturated heterocycles. The largest absolute Gasteiger partial charge is 0.351 e. The maximum absolute atomic E-state index is 13.3. The normalized spacial score (nSPS) is 17.3. The number of para-hydroxylation sites is 1. The molecular weight excluding hydrogens is 476 g/mol. The van der Waals surface area contributed by atoms with Crippen molar-refractivity contribution >= 4 is 45.6 Å². The Kier molecular flexibility index (Phi) is 8.14. The van der Waals surface area contributed by atoms with Crippen LogP contribution in [0.5, 0.6) is 0 Å². The number of carbonyl (C=O) groups is 2. The highest BCUT2D eigenvalue weighted by atomic mass is 32.2. The Morgan fingerprint density at radius 2 is 1.77 bits per heavy atom. The standard InChI is InChI=1S/C27H24N4O2S2/c1-18-24(26(33)31-20-11-6-3-7-12-20)25(22-13-8-14-34-22)21(15-28)27(30-18)35-17-23(32)29-16-19-9-4-2-5-10-19/h2-14,21,25H,16-17H2,1H3,(H,29,32)(H,31,33). The number of thioether (sulfide) groups is 1. The molecule has 2 atom stereocenters. The van der Waals surface area contributed by atoms with Crippen LogP contribution in [0.2, 0.25) is 0 Å². The topological polar surface area (TPSA) is 94.4 Å². The first-order chi connectivity index (χ1) is 17.1. The van der Waals surface area contributed by atoms with E-state index in [-0.39, 0.29) is 17.6 Å². The van der Waals surface area contributed by atoms with Crippen LogP contribution in [0.3, 0.4) is 0 Å². The summed E-state index contributed by atoms with van der Waals surface area (Å²) in [5.41, 5.74) is 2.72. The maximum Gasteiger partial charge on any atom is 0.254 e. The first-order valence-corrected chi connectivity index (χ1v) is 13.0. The van der Waals surface area contributed by atoms with E-state index in [4.69, 9.17) is 0 Å². The summed E-state index contributed by atoms with van der Waals surface area (Å²) in [4.78, 5) is 31.3. The molecule has 176 valence electrons. The Morgan fingerprint density at radius 1 is 1.06 bits per heavy atom. The molecule has 1 aliphatic rings. The Labute approximate surface area is 212 Å². The number of benzene rings is 2. The number of nitrogens with one attached hydrogen (secondary N) is 2. The molecule has 35 heavy (non-hydrogen) atoms. The first-order valence-electron chi connectivity index (χ1n) is 11.1. The van der Waals surface area contributed by atoms with Crippen molar-refractivity contribution in [2.45, 2.75) is 19.4 Å². The van der Waals surface area contributed by atoms with Crippen LogP contribution in [0.1, 0.15) is 23.3 Å². The van der Waals surface area contributed by atoms with Gasteiger partial charge in [0.05, 0.1) is 16.9 Å². The van der Waals surface area contributed by atoms with Crippen molar-refractivity contribution in [3.05, 3.63) is 99.9 Å². The number of carbonyl (C=O) groups excluding carboxylic acids is 2. The van der Waals surface area contributed by atoms with E-state index >= 15 is 0 Å². The molecule has 6 nitrogen and oxygen atoms in total. The summed E-state index contributed by atoms with van der Waals surface area (Å²) in [6.07, 6.45) is 0. The predicted octanol–water partition coefficient (Wildman–Crippen LogP) is 5.35. The smallest absolute Gasteiger partial charge is 0.254 e. The molecule has 2 N–H and O–H groups in total. The molecule has 0 radical (unpaired) electrons. The zero-order chi connectivity index (χ0) is 24.6. The van der Waals surface area contributed by atoms with Crippen molar-refractivity contribution in [2.24, 2.45) is 10.9 Å². The maximum atomic E-state index is 13.3. The summed E-state index contributed by atoms with van der Waals surface area (Å²) in [5.74, 6) is -1.40. The molecular formula is C27H24N4O2S2. The lowest BCUT2D eigenvalue weighted by Gasteiger charge is -2.29. The van der Waals surface area contributed by atoms with Gasteiger partial charge in [0, 0.05) is 34.3 Å². The highest BCUT2D eigenvalue weighted by Crippen LogP contribution is 2.43. The minimum Gasteiger partial charge on any atom is -0.351 e. The van der Waals surface area contributed by atoms with Crippen molar-refractivity contribution in [1.82, 2.24) is 5.32 Å². The predicted molar refractivity (Wildman–Crippen MR) is 142 cm³/mol. The van der Waals surface area contributed by atoms with Gasteiger partial charge in [-0.3, -0.25) is 9.59 Å². The van der Waals surface area contributed by atoms with Crippen LogP contribution in [0.25, 0.3) is 0 Å². The number of nitriles is 1. The van der Waals surface area contributed by atoms with Crippen LogP contribution >= 0.6 is 23.1 Å². The van der Waals surface area contributed by atoms with Gasteiger partial charge >= 0.3 is 0 Å². The van der Waals surface area contributed by atoms with Gasteiger partial charge in [-0.25, -0.2) is 4.99 Å². The van der Waals surface area contributed by atoms with Crippen LogP contribution in [-0.4, -0.2) is 22.6 Å². The first kappa shape index (κ1) is 24.5. The molecule has 2 unspecified atom stereocenters. The number of hydrogen-bond donors (Lipinski definition) is 2. The van der Waals surface area contributed by atoms with Crippen molar-refractivity contribution in [1.29, 1.82) is 5.26 Å². The molecule has 0 saturated carbocycles. The van der Waals surface area contributed by atoms with Crippen LogP contribution in [0, 0.1) is 17.2 Å². The third kappa shape index (κ3) is 6.07. The Morgan fingerprint density at radius 3 is 2.43 bits per heavy atom. The van der Waals surface area contributed by atoms with E-state index in [1.807, 2.05) is 78.2 Å². The molecule has 2 amide bonds. The number of nitrogens with zero attached hydrogens (tertiary/aromatic N) is 2. The Balaban J connectivity index is 1.54. The molecule has 0 spiro atoms.